The van der Waals surface area contributed by atoms with E-state index in [9.17, 15) is 9.59 Å². The van der Waals surface area contributed by atoms with Crippen LogP contribution in [0.4, 0.5) is 0 Å². The van der Waals surface area contributed by atoms with Crippen molar-refractivity contribution in [1.82, 2.24) is 5.32 Å². The molecule has 1 atom stereocenters. The maximum absolute atomic E-state index is 12.4. The SMILES string of the molecule is CCCC[C@@H](OC(=O)c1ccco1)C(=O)NCc1ccc(C)cc1. The molecule has 5 nitrogen and oxygen atoms in total. The molecule has 0 unspecified atom stereocenters. The van der Waals surface area contributed by atoms with Gasteiger partial charge < -0.3 is 14.5 Å². The van der Waals surface area contributed by atoms with Gasteiger partial charge in [-0.3, -0.25) is 4.79 Å². The van der Waals surface area contributed by atoms with Crippen molar-refractivity contribution >= 4 is 11.9 Å². The second-order valence-electron chi connectivity index (χ2n) is 5.72. The lowest BCUT2D eigenvalue weighted by molar-refractivity contribution is -0.130. The van der Waals surface area contributed by atoms with Crippen molar-refractivity contribution in [3.8, 4) is 0 Å². The van der Waals surface area contributed by atoms with Gasteiger partial charge in [0.1, 0.15) is 0 Å². The van der Waals surface area contributed by atoms with Gasteiger partial charge in [0.15, 0.2) is 6.10 Å². The van der Waals surface area contributed by atoms with Crippen LogP contribution in [0.15, 0.2) is 47.1 Å². The van der Waals surface area contributed by atoms with Crippen molar-refractivity contribution in [3.05, 3.63) is 59.5 Å². The molecular formula is C19H23NO4. The largest absolute Gasteiger partial charge is 0.457 e. The van der Waals surface area contributed by atoms with Gasteiger partial charge in [-0.15, -0.1) is 0 Å². The van der Waals surface area contributed by atoms with Gasteiger partial charge in [0.05, 0.1) is 6.26 Å². The van der Waals surface area contributed by atoms with Crippen molar-refractivity contribution in [2.75, 3.05) is 0 Å². The fourth-order valence-electron chi connectivity index (χ4n) is 2.22. The van der Waals surface area contributed by atoms with Crippen LogP contribution in [0.2, 0.25) is 0 Å². The van der Waals surface area contributed by atoms with Gasteiger partial charge in [-0.25, -0.2) is 4.79 Å². The molecule has 1 aromatic carbocycles. The minimum atomic E-state index is -0.812. The molecule has 1 aromatic heterocycles. The van der Waals surface area contributed by atoms with Crippen molar-refractivity contribution in [2.45, 2.75) is 45.8 Å². The molecule has 0 aliphatic heterocycles. The molecule has 0 saturated carbocycles. The number of furan rings is 1. The van der Waals surface area contributed by atoms with Gasteiger partial charge in [0.2, 0.25) is 5.76 Å². The Hall–Kier alpha value is -2.56. The molecule has 0 aliphatic carbocycles. The maximum atomic E-state index is 12.4. The molecule has 1 amide bonds. The number of hydrogen-bond acceptors (Lipinski definition) is 4. The first-order valence-corrected chi connectivity index (χ1v) is 8.18. The number of aryl methyl sites for hydroxylation is 1. The summed E-state index contributed by atoms with van der Waals surface area (Å²) in [4.78, 5) is 24.4. The van der Waals surface area contributed by atoms with Crippen LogP contribution in [0.25, 0.3) is 0 Å². The molecule has 0 saturated heterocycles. The standard InChI is InChI=1S/C19H23NO4/c1-3-4-6-16(24-19(22)17-7-5-12-23-17)18(21)20-13-15-10-8-14(2)9-11-15/h5,7-12,16H,3-4,6,13H2,1-2H3,(H,20,21)/t16-/m1/s1. The van der Waals surface area contributed by atoms with Crippen molar-refractivity contribution in [3.63, 3.8) is 0 Å². The quantitative estimate of drug-likeness (QED) is 0.751. The van der Waals surface area contributed by atoms with E-state index in [2.05, 4.69) is 5.32 Å². The highest BCUT2D eigenvalue weighted by Gasteiger charge is 2.24. The highest BCUT2D eigenvalue weighted by atomic mass is 16.6. The summed E-state index contributed by atoms with van der Waals surface area (Å²) in [5.41, 5.74) is 2.17. The van der Waals surface area contributed by atoms with Crippen LogP contribution >= 0.6 is 0 Å². The lowest BCUT2D eigenvalue weighted by Gasteiger charge is -2.17. The minimum absolute atomic E-state index is 0.0998. The monoisotopic (exact) mass is 329 g/mol. The normalized spacial score (nSPS) is 11.8. The number of carbonyl (C=O) groups excluding carboxylic acids is 2. The molecule has 0 radical (unpaired) electrons. The summed E-state index contributed by atoms with van der Waals surface area (Å²) >= 11 is 0. The summed E-state index contributed by atoms with van der Waals surface area (Å²) in [6, 6.07) is 11.0. The van der Waals surface area contributed by atoms with E-state index in [1.807, 2.05) is 38.1 Å². The van der Waals surface area contributed by atoms with E-state index in [0.29, 0.717) is 13.0 Å². The molecule has 2 rings (SSSR count). The van der Waals surface area contributed by atoms with Gasteiger partial charge >= 0.3 is 5.97 Å². The van der Waals surface area contributed by atoms with E-state index < -0.39 is 12.1 Å². The highest BCUT2D eigenvalue weighted by Crippen LogP contribution is 2.11. The average Bonchev–Trinajstić information content (AvgIpc) is 3.12. The topological polar surface area (TPSA) is 68.5 Å². The first kappa shape index (κ1) is 17.8. The second-order valence-corrected chi connectivity index (χ2v) is 5.72. The van der Waals surface area contributed by atoms with Crippen LogP contribution in [0.1, 0.15) is 47.9 Å². The molecule has 0 spiro atoms. The van der Waals surface area contributed by atoms with Crippen LogP contribution < -0.4 is 5.32 Å². The first-order chi connectivity index (χ1) is 11.6. The molecule has 5 heteroatoms. The summed E-state index contributed by atoms with van der Waals surface area (Å²) in [7, 11) is 0. The second kappa shape index (κ2) is 8.91. The minimum Gasteiger partial charge on any atom is -0.457 e. The summed E-state index contributed by atoms with van der Waals surface area (Å²) in [6.45, 7) is 4.44. The molecular weight excluding hydrogens is 306 g/mol. The Bertz CT molecular complexity index is 647. The average molecular weight is 329 g/mol. The molecule has 0 bridgehead atoms. The first-order valence-electron chi connectivity index (χ1n) is 8.18. The van der Waals surface area contributed by atoms with E-state index in [1.54, 1.807) is 6.07 Å². The number of esters is 1. The van der Waals surface area contributed by atoms with Gasteiger partial charge in [-0.1, -0.05) is 43.2 Å². The summed E-state index contributed by atoms with van der Waals surface area (Å²) < 4.78 is 10.3. The third-order valence-corrected chi connectivity index (χ3v) is 3.67. The Balaban J connectivity index is 1.93. The summed E-state index contributed by atoms with van der Waals surface area (Å²) in [5, 5.41) is 2.83. The van der Waals surface area contributed by atoms with Crippen LogP contribution in [0, 0.1) is 6.92 Å². The van der Waals surface area contributed by atoms with Crippen LogP contribution in [0.3, 0.4) is 0 Å². The maximum Gasteiger partial charge on any atom is 0.374 e. The Morgan fingerprint density at radius 1 is 1.21 bits per heavy atom. The van der Waals surface area contributed by atoms with Crippen LogP contribution in [-0.2, 0) is 16.1 Å². The summed E-state index contributed by atoms with van der Waals surface area (Å²) in [6.07, 6.45) is 2.79. The number of nitrogens with one attached hydrogen (secondary N) is 1. The Kier molecular flexibility index (Phi) is 6.61. The van der Waals surface area contributed by atoms with Gasteiger partial charge in [-0.05, 0) is 37.5 Å². The van der Waals surface area contributed by atoms with E-state index in [-0.39, 0.29) is 11.7 Å². The number of ether oxygens (including phenoxy) is 1. The molecule has 0 fully saturated rings. The van der Waals surface area contributed by atoms with Crippen molar-refractivity contribution < 1.29 is 18.7 Å². The highest BCUT2D eigenvalue weighted by molar-refractivity contribution is 5.90. The number of hydrogen-bond donors (Lipinski definition) is 1. The smallest absolute Gasteiger partial charge is 0.374 e. The van der Waals surface area contributed by atoms with Crippen molar-refractivity contribution in [1.29, 1.82) is 0 Å². The zero-order chi connectivity index (χ0) is 17.4. The van der Waals surface area contributed by atoms with Gasteiger partial charge in [-0.2, -0.15) is 0 Å². The molecule has 1 heterocycles. The van der Waals surface area contributed by atoms with Crippen LogP contribution in [0.5, 0.6) is 0 Å². The van der Waals surface area contributed by atoms with Gasteiger partial charge in [0, 0.05) is 6.54 Å². The predicted octanol–water partition coefficient (Wildman–Crippen LogP) is 3.62. The lowest BCUT2D eigenvalue weighted by atomic mass is 10.1. The number of amides is 1. The molecule has 128 valence electrons. The predicted molar refractivity (Wildman–Crippen MR) is 90.5 cm³/mol. The Morgan fingerprint density at radius 3 is 2.58 bits per heavy atom. The zero-order valence-electron chi connectivity index (χ0n) is 14.1. The molecule has 0 aliphatic rings. The van der Waals surface area contributed by atoms with E-state index in [0.717, 1.165) is 18.4 Å². The molecule has 1 N–H and O–H groups in total. The Labute approximate surface area is 142 Å². The lowest BCUT2D eigenvalue weighted by Crippen LogP contribution is -2.37. The third-order valence-electron chi connectivity index (χ3n) is 3.67. The Morgan fingerprint density at radius 2 is 1.96 bits per heavy atom. The summed E-state index contributed by atoms with van der Waals surface area (Å²) in [5.74, 6) is -0.807. The number of rotatable bonds is 8. The molecule has 2 aromatic rings. The number of benzene rings is 1. The fourth-order valence-corrected chi connectivity index (χ4v) is 2.22. The van der Waals surface area contributed by atoms with Crippen LogP contribution in [-0.4, -0.2) is 18.0 Å². The van der Waals surface area contributed by atoms with Crippen molar-refractivity contribution in [2.24, 2.45) is 0 Å². The van der Waals surface area contributed by atoms with E-state index in [4.69, 9.17) is 9.15 Å². The number of unbranched alkanes of at least 4 members (excludes halogenated alkanes) is 1. The number of carbonyl (C=O) groups is 2. The van der Waals surface area contributed by atoms with E-state index in [1.165, 1.54) is 17.9 Å². The zero-order valence-corrected chi connectivity index (χ0v) is 14.1. The fraction of sp³-hybridized carbons (Fsp3) is 0.368. The third kappa shape index (κ3) is 5.26. The van der Waals surface area contributed by atoms with Gasteiger partial charge in [0.25, 0.3) is 5.91 Å². The van der Waals surface area contributed by atoms with E-state index >= 15 is 0 Å². The molecule has 24 heavy (non-hydrogen) atoms.